The lowest BCUT2D eigenvalue weighted by atomic mass is 10.0. The lowest BCUT2D eigenvalue weighted by molar-refractivity contribution is -0.139. The molecule has 0 aliphatic carbocycles. The van der Waals surface area contributed by atoms with Gasteiger partial charge in [0.2, 0.25) is 10.0 Å². The third-order valence-electron chi connectivity index (χ3n) is 6.44. The third-order valence-corrected chi connectivity index (χ3v) is 8.08. The maximum Gasteiger partial charge on any atom is 0.323 e. The molecule has 0 bridgehead atoms. The number of nitrogens with two attached hydrogens (primary N) is 1. The summed E-state index contributed by atoms with van der Waals surface area (Å²) in [7, 11) is -4.05. The van der Waals surface area contributed by atoms with E-state index in [1.165, 1.54) is 4.31 Å². The van der Waals surface area contributed by atoms with E-state index in [0.717, 1.165) is 37.1 Å². The Balaban J connectivity index is 1.79. The van der Waals surface area contributed by atoms with Crippen LogP contribution in [0, 0.1) is 17.7 Å². The molecule has 39 heavy (non-hydrogen) atoms. The van der Waals surface area contributed by atoms with Crippen molar-refractivity contribution >= 4 is 39.4 Å². The molecule has 0 atom stereocenters. The standard InChI is InChI=1S/C28H37N5O5S/c1-4-37-27(34)19-39(35,36)33(15-5-6-22-18-23(28(30)31)8-7-20(22)2)24-9-11-25(12-10-24)38-26-13-16-32(17-14-26)21(3)29/h5-12,18,26,29H,4,13-17,19H2,1-3H3,(H3,30,31)/b6-5+,29-21?. The summed E-state index contributed by atoms with van der Waals surface area (Å²) < 4.78 is 38.7. The topological polar surface area (TPSA) is 150 Å². The van der Waals surface area contributed by atoms with Crippen LogP contribution in [-0.4, -0.2) is 69.1 Å². The highest BCUT2D eigenvalue weighted by atomic mass is 32.2. The molecule has 1 fully saturated rings. The summed E-state index contributed by atoms with van der Waals surface area (Å²) in [5, 5.41) is 15.4. The number of carbonyl (C=O) groups is 1. The normalized spacial score (nSPS) is 14.3. The van der Waals surface area contributed by atoms with Crippen molar-refractivity contribution in [2.45, 2.75) is 39.7 Å². The average Bonchev–Trinajstić information content (AvgIpc) is 2.88. The monoisotopic (exact) mass is 555 g/mol. The molecule has 11 heteroatoms. The van der Waals surface area contributed by atoms with Gasteiger partial charge in [-0.1, -0.05) is 24.3 Å². The molecule has 4 N–H and O–H groups in total. The minimum absolute atomic E-state index is 0.0204. The quantitative estimate of drug-likeness (QED) is 0.218. The second-order valence-corrected chi connectivity index (χ2v) is 11.3. The highest BCUT2D eigenvalue weighted by Gasteiger charge is 2.26. The number of carbonyl (C=O) groups excluding carboxylic acids is 1. The number of nitrogen functional groups attached to an aromatic ring is 1. The van der Waals surface area contributed by atoms with Crippen LogP contribution in [0.3, 0.4) is 0 Å². The first-order chi connectivity index (χ1) is 18.5. The molecule has 0 aromatic heterocycles. The second kappa shape index (κ2) is 13.3. The predicted octanol–water partition coefficient (Wildman–Crippen LogP) is 3.53. The number of benzene rings is 2. The van der Waals surface area contributed by atoms with E-state index in [1.807, 2.05) is 17.9 Å². The zero-order valence-electron chi connectivity index (χ0n) is 22.6. The minimum atomic E-state index is -4.05. The van der Waals surface area contributed by atoms with Crippen LogP contribution >= 0.6 is 0 Å². The molecule has 1 saturated heterocycles. The molecule has 1 aliphatic rings. The molecule has 0 unspecified atom stereocenters. The summed E-state index contributed by atoms with van der Waals surface area (Å²) in [6.07, 6.45) is 5.08. The summed E-state index contributed by atoms with van der Waals surface area (Å²) in [5.41, 5.74) is 8.32. The van der Waals surface area contributed by atoms with Gasteiger partial charge in [0.15, 0.2) is 5.75 Å². The van der Waals surface area contributed by atoms with Gasteiger partial charge in [-0.2, -0.15) is 0 Å². The van der Waals surface area contributed by atoms with Gasteiger partial charge in [0, 0.05) is 31.5 Å². The summed E-state index contributed by atoms with van der Waals surface area (Å²) in [4.78, 5) is 14.1. The van der Waals surface area contributed by atoms with Crippen LogP contribution in [0.1, 0.15) is 43.4 Å². The van der Waals surface area contributed by atoms with Crippen molar-refractivity contribution in [3.05, 3.63) is 65.2 Å². The van der Waals surface area contributed by atoms with Crippen LogP contribution in [0.25, 0.3) is 6.08 Å². The van der Waals surface area contributed by atoms with Gasteiger partial charge in [-0.15, -0.1) is 0 Å². The first-order valence-corrected chi connectivity index (χ1v) is 14.5. The van der Waals surface area contributed by atoms with Crippen LogP contribution in [0.5, 0.6) is 5.75 Å². The molecule has 0 spiro atoms. The molecule has 3 rings (SSSR count). The van der Waals surface area contributed by atoms with E-state index in [-0.39, 0.29) is 25.1 Å². The molecular formula is C28H37N5O5S. The maximum absolute atomic E-state index is 13.3. The van der Waals surface area contributed by atoms with Gasteiger partial charge in [-0.05, 0) is 62.2 Å². The number of esters is 1. The van der Waals surface area contributed by atoms with Crippen LogP contribution in [0.2, 0.25) is 0 Å². The zero-order valence-corrected chi connectivity index (χ0v) is 23.5. The Kier molecular flexibility index (Phi) is 10.1. The predicted molar refractivity (Wildman–Crippen MR) is 154 cm³/mol. The van der Waals surface area contributed by atoms with Crippen LogP contribution in [0.4, 0.5) is 5.69 Å². The number of likely N-dealkylation sites (tertiary alicyclic amines) is 1. The molecule has 0 amide bonds. The number of aryl methyl sites for hydroxylation is 1. The van der Waals surface area contributed by atoms with Crippen LogP contribution in [-0.2, 0) is 19.6 Å². The number of rotatable bonds is 11. The average molecular weight is 556 g/mol. The second-order valence-electron chi connectivity index (χ2n) is 9.36. The summed E-state index contributed by atoms with van der Waals surface area (Å²) in [6.45, 7) is 6.90. The van der Waals surface area contributed by atoms with Crippen molar-refractivity contribution in [2.75, 3.05) is 36.3 Å². The van der Waals surface area contributed by atoms with E-state index in [0.29, 0.717) is 22.8 Å². The largest absolute Gasteiger partial charge is 0.490 e. The number of ether oxygens (including phenoxy) is 2. The fraction of sp³-hybridized carbons (Fsp3) is 0.393. The van der Waals surface area contributed by atoms with Crippen molar-refractivity contribution in [1.29, 1.82) is 10.8 Å². The number of hydrogen-bond donors (Lipinski definition) is 3. The van der Waals surface area contributed by atoms with Crippen molar-refractivity contribution in [2.24, 2.45) is 5.73 Å². The van der Waals surface area contributed by atoms with Gasteiger partial charge in [-0.25, -0.2) is 8.42 Å². The number of anilines is 1. The Morgan fingerprint density at radius 1 is 1.15 bits per heavy atom. The van der Waals surface area contributed by atoms with E-state index >= 15 is 0 Å². The molecule has 10 nitrogen and oxygen atoms in total. The van der Waals surface area contributed by atoms with E-state index < -0.39 is 21.7 Å². The van der Waals surface area contributed by atoms with Crippen LogP contribution in [0.15, 0.2) is 48.5 Å². The fourth-order valence-electron chi connectivity index (χ4n) is 4.26. The Morgan fingerprint density at radius 3 is 2.41 bits per heavy atom. The number of amidine groups is 2. The molecule has 0 radical (unpaired) electrons. The lowest BCUT2D eigenvalue weighted by Crippen LogP contribution is -2.40. The molecule has 1 heterocycles. The number of nitrogens with one attached hydrogen (secondary N) is 2. The van der Waals surface area contributed by atoms with E-state index in [4.69, 9.17) is 26.0 Å². The van der Waals surface area contributed by atoms with Gasteiger partial charge in [0.25, 0.3) is 0 Å². The Hall–Kier alpha value is -3.86. The van der Waals surface area contributed by atoms with Gasteiger partial charge in [0.1, 0.15) is 17.7 Å². The Bertz CT molecular complexity index is 1320. The van der Waals surface area contributed by atoms with Crippen molar-refractivity contribution < 1.29 is 22.7 Å². The first kappa shape index (κ1) is 29.7. The van der Waals surface area contributed by atoms with Gasteiger partial charge < -0.3 is 20.1 Å². The number of piperidine rings is 1. The fourth-order valence-corrected chi connectivity index (χ4v) is 5.56. The number of sulfonamides is 1. The Labute approximate surface area is 230 Å². The lowest BCUT2D eigenvalue weighted by Gasteiger charge is -2.32. The summed E-state index contributed by atoms with van der Waals surface area (Å²) in [6, 6.07) is 12.1. The molecule has 2 aromatic carbocycles. The Morgan fingerprint density at radius 2 is 1.82 bits per heavy atom. The van der Waals surface area contributed by atoms with Gasteiger partial charge in [-0.3, -0.25) is 19.9 Å². The maximum atomic E-state index is 13.3. The van der Waals surface area contributed by atoms with E-state index in [9.17, 15) is 13.2 Å². The number of nitrogens with zero attached hydrogens (tertiary/aromatic N) is 2. The van der Waals surface area contributed by atoms with Crippen molar-refractivity contribution in [3.63, 3.8) is 0 Å². The van der Waals surface area contributed by atoms with Gasteiger partial charge in [0.05, 0.1) is 24.7 Å². The van der Waals surface area contributed by atoms with Crippen LogP contribution < -0.4 is 14.8 Å². The highest BCUT2D eigenvalue weighted by Crippen LogP contribution is 2.25. The zero-order chi connectivity index (χ0) is 28.6. The van der Waals surface area contributed by atoms with E-state index in [1.54, 1.807) is 62.4 Å². The molecule has 210 valence electrons. The van der Waals surface area contributed by atoms with Gasteiger partial charge >= 0.3 is 5.97 Å². The van der Waals surface area contributed by atoms with Crippen molar-refractivity contribution in [3.8, 4) is 5.75 Å². The van der Waals surface area contributed by atoms with E-state index in [2.05, 4.69) is 0 Å². The van der Waals surface area contributed by atoms with Crippen molar-refractivity contribution in [1.82, 2.24) is 4.90 Å². The SMILES string of the molecule is CCOC(=O)CS(=O)(=O)N(C/C=C/c1cc(C(=N)N)ccc1C)c1ccc(OC2CCN(C(C)=N)CC2)cc1. The third kappa shape index (κ3) is 8.31. The minimum Gasteiger partial charge on any atom is -0.490 e. The number of hydrogen-bond acceptors (Lipinski definition) is 7. The summed E-state index contributed by atoms with van der Waals surface area (Å²) in [5.74, 6) is -0.475. The molecule has 2 aromatic rings. The smallest absolute Gasteiger partial charge is 0.323 e. The first-order valence-electron chi connectivity index (χ1n) is 12.8. The molecular weight excluding hydrogens is 518 g/mol. The molecule has 1 aliphatic heterocycles. The summed E-state index contributed by atoms with van der Waals surface area (Å²) >= 11 is 0. The highest BCUT2D eigenvalue weighted by molar-refractivity contribution is 7.93. The molecule has 0 saturated carbocycles.